The van der Waals surface area contributed by atoms with Crippen LogP contribution in [0.1, 0.15) is 70.3 Å². The van der Waals surface area contributed by atoms with Crippen molar-refractivity contribution in [3.8, 4) is 0 Å². The molecule has 7 nitrogen and oxygen atoms in total. The molecule has 2 saturated heterocycles. The van der Waals surface area contributed by atoms with Crippen molar-refractivity contribution in [1.82, 2.24) is 10.2 Å². The van der Waals surface area contributed by atoms with Gasteiger partial charge in [0, 0.05) is 22.8 Å². The zero-order valence-electron chi connectivity index (χ0n) is 22.3. The molecule has 1 aromatic carbocycles. The molecule has 8 heteroatoms. The fourth-order valence-corrected chi connectivity index (χ4v) is 7.72. The number of nitrogens with one attached hydrogen (secondary N) is 2. The summed E-state index contributed by atoms with van der Waals surface area (Å²) in [6.45, 7) is 4.15. The standard InChI is InChI=1S/C30H38ClN3O4/c1-17-8-12-21(13-9-17)34-26(28(36)32-19-6-4-3-5-7-19)30-15-14-23(38-30)24(25(30)29(34)37)27(35)33-20-11-10-18(2)22(31)16-20/h10-11,14-17,19,21,23-26H,3-9,12-13H2,1-2H3,(H,32,36)(H,33,35)/t17?,21?,23-,24+,25-,26-,30-/m0/s1. The molecule has 3 heterocycles. The molecule has 0 unspecified atom stereocenters. The molecule has 3 amide bonds. The van der Waals surface area contributed by atoms with Gasteiger partial charge in [0.25, 0.3) is 0 Å². The Morgan fingerprint density at radius 2 is 1.79 bits per heavy atom. The van der Waals surface area contributed by atoms with Gasteiger partial charge in [0.05, 0.1) is 17.9 Å². The summed E-state index contributed by atoms with van der Waals surface area (Å²) in [4.78, 5) is 43.7. The van der Waals surface area contributed by atoms with Crippen LogP contribution in [0.3, 0.4) is 0 Å². The number of ether oxygens (including phenoxy) is 1. The Labute approximate surface area is 229 Å². The Kier molecular flexibility index (Phi) is 6.79. The maximum atomic E-state index is 14.3. The van der Waals surface area contributed by atoms with Crippen LogP contribution in [0.5, 0.6) is 0 Å². The molecule has 0 aromatic heterocycles. The second-order valence-corrected chi connectivity index (χ2v) is 12.6. The van der Waals surface area contributed by atoms with Crippen LogP contribution in [-0.4, -0.2) is 52.5 Å². The molecule has 3 aliphatic heterocycles. The lowest BCUT2D eigenvalue weighted by Gasteiger charge is -2.40. The van der Waals surface area contributed by atoms with E-state index in [4.69, 9.17) is 16.3 Å². The van der Waals surface area contributed by atoms with Crippen molar-refractivity contribution in [1.29, 1.82) is 0 Å². The quantitative estimate of drug-likeness (QED) is 0.528. The zero-order valence-corrected chi connectivity index (χ0v) is 23.0. The number of benzene rings is 1. The van der Waals surface area contributed by atoms with E-state index in [0.717, 1.165) is 56.9 Å². The second-order valence-electron chi connectivity index (χ2n) is 12.2. The van der Waals surface area contributed by atoms with Crippen molar-refractivity contribution in [3.05, 3.63) is 40.9 Å². The van der Waals surface area contributed by atoms with E-state index in [9.17, 15) is 14.4 Å². The molecule has 204 valence electrons. The summed E-state index contributed by atoms with van der Waals surface area (Å²) < 4.78 is 6.51. The molecule has 1 spiro atoms. The summed E-state index contributed by atoms with van der Waals surface area (Å²) in [5, 5.41) is 6.82. The van der Waals surface area contributed by atoms with Crippen LogP contribution in [0.15, 0.2) is 30.4 Å². The van der Waals surface area contributed by atoms with Gasteiger partial charge >= 0.3 is 0 Å². The van der Waals surface area contributed by atoms with Gasteiger partial charge in [-0.25, -0.2) is 0 Å². The summed E-state index contributed by atoms with van der Waals surface area (Å²) in [6.07, 6.45) is 12.4. The first-order chi connectivity index (χ1) is 18.3. The van der Waals surface area contributed by atoms with E-state index in [0.29, 0.717) is 16.6 Å². The third-order valence-corrected chi connectivity index (χ3v) is 10.0. The van der Waals surface area contributed by atoms with Gasteiger partial charge in [-0.1, -0.05) is 56.0 Å². The van der Waals surface area contributed by atoms with Gasteiger partial charge in [0.1, 0.15) is 11.6 Å². The number of rotatable bonds is 5. The van der Waals surface area contributed by atoms with E-state index in [1.807, 2.05) is 36.1 Å². The van der Waals surface area contributed by atoms with Gasteiger partial charge in [-0.2, -0.15) is 0 Å². The molecule has 0 radical (unpaired) electrons. The molecule has 5 atom stereocenters. The highest BCUT2D eigenvalue weighted by Gasteiger charge is 2.73. The Morgan fingerprint density at radius 1 is 1.05 bits per heavy atom. The molecular formula is C30H38ClN3O4. The van der Waals surface area contributed by atoms with E-state index in [1.165, 1.54) is 6.42 Å². The topological polar surface area (TPSA) is 87.7 Å². The minimum Gasteiger partial charge on any atom is -0.359 e. The first kappa shape index (κ1) is 25.9. The number of hydrogen-bond acceptors (Lipinski definition) is 4. The molecular weight excluding hydrogens is 502 g/mol. The lowest BCUT2D eigenvalue weighted by Crippen LogP contribution is -2.58. The lowest BCUT2D eigenvalue weighted by molar-refractivity contribution is -0.145. The second kappa shape index (κ2) is 9.98. The molecule has 38 heavy (non-hydrogen) atoms. The number of anilines is 1. The average molecular weight is 540 g/mol. The summed E-state index contributed by atoms with van der Waals surface area (Å²) in [7, 11) is 0. The molecule has 1 aromatic rings. The lowest BCUT2D eigenvalue weighted by atomic mass is 9.74. The molecule has 2 N–H and O–H groups in total. The molecule has 4 fully saturated rings. The number of carbonyl (C=O) groups excluding carboxylic acids is 3. The predicted octanol–water partition coefficient (Wildman–Crippen LogP) is 4.77. The molecule has 2 aliphatic carbocycles. The van der Waals surface area contributed by atoms with E-state index in [2.05, 4.69) is 17.6 Å². The van der Waals surface area contributed by atoms with Crippen LogP contribution >= 0.6 is 11.6 Å². The van der Waals surface area contributed by atoms with Crippen LogP contribution in [-0.2, 0) is 19.1 Å². The van der Waals surface area contributed by atoms with E-state index in [-0.39, 0.29) is 29.8 Å². The maximum absolute atomic E-state index is 14.3. The number of hydrogen-bond donors (Lipinski definition) is 2. The number of aryl methyl sites for hydroxylation is 1. The van der Waals surface area contributed by atoms with Crippen LogP contribution in [0.25, 0.3) is 0 Å². The fourth-order valence-electron chi connectivity index (χ4n) is 7.54. The zero-order chi connectivity index (χ0) is 26.6. The summed E-state index contributed by atoms with van der Waals surface area (Å²) in [6, 6.07) is 4.74. The normalized spacial score (nSPS) is 36.4. The number of amides is 3. The van der Waals surface area contributed by atoms with Gasteiger partial charge in [0.15, 0.2) is 0 Å². The smallest absolute Gasteiger partial charge is 0.246 e. The van der Waals surface area contributed by atoms with Gasteiger partial charge in [-0.3, -0.25) is 14.4 Å². The van der Waals surface area contributed by atoms with Crippen molar-refractivity contribution in [2.75, 3.05) is 5.32 Å². The minimum atomic E-state index is -1.11. The highest BCUT2D eigenvalue weighted by Crippen LogP contribution is 2.56. The van der Waals surface area contributed by atoms with Crippen LogP contribution in [0.2, 0.25) is 5.02 Å². The number of carbonyl (C=O) groups is 3. The molecule has 5 aliphatic rings. The van der Waals surface area contributed by atoms with Gasteiger partial charge in [-0.05, 0) is 69.1 Å². The van der Waals surface area contributed by atoms with Crippen molar-refractivity contribution in [2.24, 2.45) is 17.8 Å². The van der Waals surface area contributed by atoms with Crippen LogP contribution in [0.4, 0.5) is 5.69 Å². The van der Waals surface area contributed by atoms with E-state index in [1.54, 1.807) is 6.07 Å². The third kappa shape index (κ3) is 4.26. The van der Waals surface area contributed by atoms with Crippen LogP contribution in [0, 0.1) is 24.7 Å². The van der Waals surface area contributed by atoms with E-state index >= 15 is 0 Å². The fraction of sp³-hybridized carbons (Fsp3) is 0.633. The molecule has 2 bridgehead atoms. The van der Waals surface area contributed by atoms with Crippen molar-refractivity contribution in [3.63, 3.8) is 0 Å². The summed E-state index contributed by atoms with van der Waals surface area (Å²) in [5.74, 6) is -1.34. The Morgan fingerprint density at radius 3 is 2.50 bits per heavy atom. The molecule has 2 saturated carbocycles. The number of likely N-dealkylation sites (tertiary alicyclic amines) is 1. The SMILES string of the molecule is Cc1ccc(NC(=O)[C@@H]2[C@@H]3C=C[C@]4(O3)[C@@H]2C(=O)N(C2CCC(C)CC2)[C@H]4C(=O)NC2CCCCC2)cc1Cl. The monoisotopic (exact) mass is 539 g/mol. The summed E-state index contributed by atoms with van der Waals surface area (Å²) in [5.41, 5.74) is 0.392. The van der Waals surface area contributed by atoms with Gasteiger partial charge in [-0.15, -0.1) is 0 Å². The van der Waals surface area contributed by atoms with Gasteiger partial charge in [0.2, 0.25) is 17.7 Å². The highest BCUT2D eigenvalue weighted by molar-refractivity contribution is 6.31. The molecule has 6 rings (SSSR count). The third-order valence-electron chi connectivity index (χ3n) is 9.63. The van der Waals surface area contributed by atoms with Crippen molar-refractivity contribution < 1.29 is 19.1 Å². The average Bonchev–Trinajstić information content (AvgIpc) is 3.55. The largest absolute Gasteiger partial charge is 0.359 e. The van der Waals surface area contributed by atoms with Crippen molar-refractivity contribution >= 4 is 35.0 Å². The van der Waals surface area contributed by atoms with E-state index < -0.39 is 29.6 Å². The Balaban J connectivity index is 1.31. The number of fused-ring (bicyclic) bond motifs is 1. The van der Waals surface area contributed by atoms with Crippen molar-refractivity contribution in [2.45, 2.75) is 101 Å². The first-order valence-electron chi connectivity index (χ1n) is 14.4. The number of halogens is 1. The van der Waals surface area contributed by atoms with Crippen LogP contribution < -0.4 is 10.6 Å². The number of nitrogens with zero attached hydrogens (tertiary/aromatic N) is 1. The van der Waals surface area contributed by atoms with Gasteiger partial charge < -0.3 is 20.3 Å². The highest BCUT2D eigenvalue weighted by atomic mass is 35.5. The minimum absolute atomic E-state index is 0.0172. The Bertz CT molecular complexity index is 1160. The maximum Gasteiger partial charge on any atom is 0.246 e. The first-order valence-corrected chi connectivity index (χ1v) is 14.7. The summed E-state index contributed by atoms with van der Waals surface area (Å²) >= 11 is 6.29. The Hall–Kier alpha value is -2.38. The predicted molar refractivity (Wildman–Crippen MR) is 146 cm³/mol.